The first kappa shape index (κ1) is 19.4. The molecule has 2 amide bonds. The molecule has 0 atom stereocenters. The minimum Gasteiger partial charge on any atom is -0.480 e. The first-order valence-electron chi connectivity index (χ1n) is 7.05. The molecule has 0 aliphatic carbocycles. The van der Waals surface area contributed by atoms with Gasteiger partial charge in [-0.05, 0) is 27.2 Å². The van der Waals surface area contributed by atoms with Gasteiger partial charge in [-0.3, -0.25) is 19.3 Å². The number of carboxylic acid groups (broad SMARTS) is 1. The molecule has 0 spiro atoms. The van der Waals surface area contributed by atoms with E-state index in [-0.39, 0.29) is 31.4 Å². The average Bonchev–Trinajstić information content (AvgIpc) is 2.33. The number of carbonyl (C=O) groups is 3. The number of rotatable bonds is 8. The lowest BCUT2D eigenvalue weighted by molar-refractivity contribution is -0.142. The van der Waals surface area contributed by atoms with Crippen molar-refractivity contribution in [2.45, 2.75) is 39.7 Å². The third-order valence-corrected chi connectivity index (χ3v) is 2.98. The molecule has 7 heteroatoms. The fraction of sp³-hybridized carbons (Fsp3) is 0.786. The number of nitrogens with one attached hydrogen (secondary N) is 1. The van der Waals surface area contributed by atoms with Crippen LogP contribution in [-0.2, 0) is 14.4 Å². The van der Waals surface area contributed by atoms with Gasteiger partial charge in [0.2, 0.25) is 11.8 Å². The number of likely N-dealkylation sites (N-methyl/N-ethyl adjacent to an activating group) is 1. The van der Waals surface area contributed by atoms with E-state index in [1.54, 1.807) is 4.90 Å². The van der Waals surface area contributed by atoms with Gasteiger partial charge in [-0.1, -0.05) is 6.92 Å². The smallest absolute Gasteiger partial charge is 0.317 e. The van der Waals surface area contributed by atoms with Crippen LogP contribution in [0.4, 0.5) is 0 Å². The Morgan fingerprint density at radius 1 is 1.10 bits per heavy atom. The zero-order valence-electron chi connectivity index (χ0n) is 13.6. The number of hydrogen-bond acceptors (Lipinski definition) is 4. The molecule has 0 heterocycles. The third-order valence-electron chi connectivity index (χ3n) is 2.98. The molecule has 7 nitrogen and oxygen atoms in total. The number of aliphatic carboxylic acids is 1. The summed E-state index contributed by atoms with van der Waals surface area (Å²) in [6.45, 7) is 7.78. The second-order valence-corrected chi connectivity index (χ2v) is 6.02. The van der Waals surface area contributed by atoms with Gasteiger partial charge in [0.05, 0.1) is 19.6 Å². The Bertz CT molecular complexity index is 377. The molecule has 0 aromatic rings. The quantitative estimate of drug-likeness (QED) is 0.666. The van der Waals surface area contributed by atoms with Crippen molar-refractivity contribution in [3.63, 3.8) is 0 Å². The molecule has 0 aromatic carbocycles. The highest BCUT2D eigenvalue weighted by Gasteiger charge is 2.27. The van der Waals surface area contributed by atoms with Gasteiger partial charge in [-0.25, -0.2) is 0 Å². The highest BCUT2D eigenvalue weighted by molar-refractivity contribution is 5.85. The summed E-state index contributed by atoms with van der Waals surface area (Å²) in [6.07, 6.45) is 0.833. The molecule has 0 radical (unpaired) electrons. The number of carbonyl (C=O) groups excluding carboxylic acids is 2. The SMILES string of the molecule is CCCNC(=O)CN(C)C(=O)CN(CC(=O)O)C(C)(C)C. The van der Waals surface area contributed by atoms with Gasteiger partial charge in [-0.15, -0.1) is 0 Å². The Labute approximate surface area is 126 Å². The number of hydrogen-bond donors (Lipinski definition) is 2. The van der Waals surface area contributed by atoms with E-state index in [4.69, 9.17) is 5.11 Å². The van der Waals surface area contributed by atoms with Gasteiger partial charge >= 0.3 is 5.97 Å². The standard InChI is InChI=1S/C14H27N3O4/c1-6-7-15-11(18)8-16(5)12(19)9-17(10-13(20)21)14(2,3)4/h6-10H2,1-5H3,(H,15,18)(H,20,21). The minimum atomic E-state index is -0.985. The maximum Gasteiger partial charge on any atom is 0.317 e. The normalized spacial score (nSPS) is 11.3. The molecule has 0 aliphatic rings. The van der Waals surface area contributed by atoms with Gasteiger partial charge < -0.3 is 15.3 Å². The molecule has 0 bridgehead atoms. The first-order valence-corrected chi connectivity index (χ1v) is 7.05. The van der Waals surface area contributed by atoms with Crippen LogP contribution in [0.1, 0.15) is 34.1 Å². The van der Waals surface area contributed by atoms with Crippen LogP contribution in [0.3, 0.4) is 0 Å². The summed E-state index contributed by atoms with van der Waals surface area (Å²) in [6, 6.07) is 0. The number of amides is 2. The summed E-state index contributed by atoms with van der Waals surface area (Å²) in [4.78, 5) is 37.4. The summed E-state index contributed by atoms with van der Waals surface area (Å²) in [7, 11) is 1.54. The fourth-order valence-electron chi connectivity index (χ4n) is 1.60. The van der Waals surface area contributed by atoms with Crippen LogP contribution < -0.4 is 5.32 Å². The Morgan fingerprint density at radius 3 is 2.10 bits per heavy atom. The largest absolute Gasteiger partial charge is 0.480 e. The van der Waals surface area contributed by atoms with Crippen LogP contribution in [-0.4, -0.2) is 71.5 Å². The van der Waals surface area contributed by atoms with E-state index in [0.717, 1.165) is 6.42 Å². The maximum atomic E-state index is 12.1. The average molecular weight is 301 g/mol. The van der Waals surface area contributed by atoms with Crippen molar-refractivity contribution < 1.29 is 19.5 Å². The van der Waals surface area contributed by atoms with Gasteiger partial charge in [0, 0.05) is 19.1 Å². The maximum absolute atomic E-state index is 12.1. The van der Waals surface area contributed by atoms with Crippen LogP contribution in [0.5, 0.6) is 0 Å². The Morgan fingerprint density at radius 2 is 1.67 bits per heavy atom. The zero-order valence-corrected chi connectivity index (χ0v) is 13.6. The van der Waals surface area contributed by atoms with E-state index in [1.807, 2.05) is 27.7 Å². The van der Waals surface area contributed by atoms with Crippen molar-refractivity contribution in [2.75, 3.05) is 33.2 Å². The molecule has 21 heavy (non-hydrogen) atoms. The van der Waals surface area contributed by atoms with Crippen LogP contribution >= 0.6 is 0 Å². The van der Waals surface area contributed by atoms with E-state index in [1.165, 1.54) is 11.9 Å². The predicted molar refractivity (Wildman–Crippen MR) is 79.9 cm³/mol. The van der Waals surface area contributed by atoms with Crippen molar-refractivity contribution >= 4 is 17.8 Å². The van der Waals surface area contributed by atoms with E-state index in [9.17, 15) is 14.4 Å². The molecule has 0 unspecified atom stereocenters. The lowest BCUT2D eigenvalue weighted by Crippen LogP contribution is -2.50. The molecule has 0 fully saturated rings. The highest BCUT2D eigenvalue weighted by atomic mass is 16.4. The fourth-order valence-corrected chi connectivity index (χ4v) is 1.60. The Hall–Kier alpha value is -1.63. The van der Waals surface area contributed by atoms with Gasteiger partial charge in [-0.2, -0.15) is 0 Å². The molecular weight excluding hydrogens is 274 g/mol. The molecule has 0 rings (SSSR count). The zero-order chi connectivity index (χ0) is 16.6. The molecule has 0 saturated heterocycles. The number of nitrogens with zero attached hydrogens (tertiary/aromatic N) is 2. The van der Waals surface area contributed by atoms with Gasteiger partial charge in [0.25, 0.3) is 0 Å². The van der Waals surface area contributed by atoms with Crippen molar-refractivity contribution in [1.29, 1.82) is 0 Å². The van der Waals surface area contributed by atoms with Gasteiger partial charge in [0.1, 0.15) is 0 Å². The highest BCUT2D eigenvalue weighted by Crippen LogP contribution is 2.12. The molecule has 0 saturated carbocycles. The summed E-state index contributed by atoms with van der Waals surface area (Å²) < 4.78 is 0. The third kappa shape index (κ3) is 8.29. The Balaban J connectivity index is 4.54. The molecule has 0 aromatic heterocycles. The molecule has 2 N–H and O–H groups in total. The summed E-state index contributed by atoms with van der Waals surface area (Å²) in [5.41, 5.74) is -0.445. The topological polar surface area (TPSA) is 90.0 Å². The van der Waals surface area contributed by atoms with E-state index in [0.29, 0.717) is 6.54 Å². The van der Waals surface area contributed by atoms with Crippen molar-refractivity contribution in [3.05, 3.63) is 0 Å². The van der Waals surface area contributed by atoms with Crippen LogP contribution in [0.2, 0.25) is 0 Å². The Kier molecular flexibility index (Phi) is 7.94. The van der Waals surface area contributed by atoms with Crippen molar-refractivity contribution in [3.8, 4) is 0 Å². The molecular formula is C14H27N3O4. The lowest BCUT2D eigenvalue weighted by Gasteiger charge is -2.34. The minimum absolute atomic E-state index is 0.0239. The van der Waals surface area contributed by atoms with Crippen LogP contribution in [0.15, 0.2) is 0 Å². The van der Waals surface area contributed by atoms with E-state index < -0.39 is 11.5 Å². The summed E-state index contributed by atoms with van der Waals surface area (Å²) in [5, 5.41) is 11.6. The second kappa shape index (κ2) is 8.61. The van der Waals surface area contributed by atoms with Crippen LogP contribution in [0, 0.1) is 0 Å². The summed E-state index contributed by atoms with van der Waals surface area (Å²) >= 11 is 0. The van der Waals surface area contributed by atoms with E-state index in [2.05, 4.69) is 5.32 Å². The van der Waals surface area contributed by atoms with Crippen molar-refractivity contribution in [1.82, 2.24) is 15.1 Å². The monoisotopic (exact) mass is 301 g/mol. The summed E-state index contributed by atoms with van der Waals surface area (Å²) in [5.74, 6) is -1.48. The van der Waals surface area contributed by atoms with Crippen molar-refractivity contribution in [2.24, 2.45) is 0 Å². The second-order valence-electron chi connectivity index (χ2n) is 6.02. The van der Waals surface area contributed by atoms with E-state index >= 15 is 0 Å². The van der Waals surface area contributed by atoms with Crippen LogP contribution in [0.25, 0.3) is 0 Å². The number of carboxylic acids is 1. The lowest BCUT2D eigenvalue weighted by atomic mass is 10.1. The predicted octanol–water partition coefficient (Wildman–Crippen LogP) is 0.156. The molecule has 0 aliphatic heterocycles. The molecule has 122 valence electrons. The van der Waals surface area contributed by atoms with Gasteiger partial charge in [0.15, 0.2) is 0 Å². The first-order chi connectivity index (χ1) is 9.57.